The van der Waals surface area contributed by atoms with Crippen LogP contribution in [-0.4, -0.2) is 16.1 Å². The highest BCUT2D eigenvalue weighted by molar-refractivity contribution is 7.80. The van der Waals surface area contributed by atoms with Crippen LogP contribution in [0.4, 0.5) is 0 Å². The van der Waals surface area contributed by atoms with Crippen LogP contribution < -0.4 is 5.73 Å². The molecule has 0 bridgehead atoms. The number of hydrogen-bond acceptors (Lipinski definition) is 3. The molecule has 0 radical (unpaired) electrons. The Morgan fingerprint density at radius 3 is 2.60 bits per heavy atom. The summed E-state index contributed by atoms with van der Waals surface area (Å²) < 4.78 is 5.12. The SMILES string of the molecule is CC(C)(Cc1ccc(C(=O)O)o1)C(N)=S. The van der Waals surface area contributed by atoms with Gasteiger partial charge in [0.1, 0.15) is 5.76 Å². The number of carbonyl (C=O) groups is 1. The Morgan fingerprint density at radius 1 is 1.60 bits per heavy atom. The average molecular weight is 227 g/mol. The largest absolute Gasteiger partial charge is 0.475 e. The molecular formula is C10H13NO3S. The second kappa shape index (κ2) is 4.02. The summed E-state index contributed by atoms with van der Waals surface area (Å²) >= 11 is 4.91. The van der Waals surface area contributed by atoms with E-state index in [1.54, 1.807) is 6.07 Å². The Bertz CT molecular complexity index is 395. The summed E-state index contributed by atoms with van der Waals surface area (Å²) in [6.07, 6.45) is 0.496. The van der Waals surface area contributed by atoms with Crippen molar-refractivity contribution in [3.63, 3.8) is 0 Å². The molecule has 1 aromatic heterocycles. The van der Waals surface area contributed by atoms with Crippen molar-refractivity contribution in [3.8, 4) is 0 Å². The van der Waals surface area contributed by atoms with E-state index in [4.69, 9.17) is 27.5 Å². The summed E-state index contributed by atoms with van der Waals surface area (Å²) in [6.45, 7) is 3.77. The van der Waals surface area contributed by atoms with E-state index in [9.17, 15) is 4.79 Å². The van der Waals surface area contributed by atoms with Crippen LogP contribution in [0.25, 0.3) is 0 Å². The standard InChI is InChI=1S/C10H13NO3S/c1-10(2,9(11)15)5-6-3-4-7(14-6)8(12)13/h3-4H,5H2,1-2H3,(H2,11,15)(H,12,13). The van der Waals surface area contributed by atoms with Gasteiger partial charge in [0.15, 0.2) is 0 Å². The maximum atomic E-state index is 10.6. The number of hydrogen-bond donors (Lipinski definition) is 2. The molecule has 0 saturated heterocycles. The van der Waals surface area contributed by atoms with Gasteiger partial charge in [0.2, 0.25) is 5.76 Å². The first kappa shape index (κ1) is 11.7. The second-order valence-electron chi connectivity index (χ2n) is 4.00. The first-order valence-electron chi connectivity index (χ1n) is 4.45. The summed E-state index contributed by atoms with van der Waals surface area (Å²) in [4.78, 5) is 11.0. The fraction of sp³-hybridized carbons (Fsp3) is 0.400. The van der Waals surface area contributed by atoms with Gasteiger partial charge >= 0.3 is 5.97 Å². The Balaban J connectivity index is 2.82. The lowest BCUT2D eigenvalue weighted by molar-refractivity contribution is 0.0659. The van der Waals surface area contributed by atoms with E-state index in [0.29, 0.717) is 17.2 Å². The maximum absolute atomic E-state index is 10.6. The van der Waals surface area contributed by atoms with Gasteiger partial charge in [-0.05, 0) is 12.1 Å². The van der Waals surface area contributed by atoms with Gasteiger partial charge in [0, 0.05) is 11.8 Å². The molecule has 1 rings (SSSR count). The third-order valence-electron chi connectivity index (χ3n) is 2.16. The molecule has 0 atom stereocenters. The molecule has 0 aliphatic heterocycles. The van der Waals surface area contributed by atoms with Crippen molar-refractivity contribution in [2.24, 2.45) is 11.1 Å². The molecule has 1 aromatic rings. The predicted octanol–water partition coefficient (Wildman–Crippen LogP) is 1.83. The predicted molar refractivity (Wildman–Crippen MR) is 59.9 cm³/mol. The molecule has 0 saturated carbocycles. The molecule has 0 unspecified atom stereocenters. The summed E-state index contributed by atoms with van der Waals surface area (Å²) in [7, 11) is 0. The lowest BCUT2D eigenvalue weighted by atomic mass is 9.88. The normalized spacial score (nSPS) is 11.3. The van der Waals surface area contributed by atoms with E-state index in [1.165, 1.54) is 6.07 Å². The fourth-order valence-corrected chi connectivity index (χ4v) is 1.18. The average Bonchev–Trinajstić information content (AvgIpc) is 2.51. The number of carboxylic acids is 1. The van der Waals surface area contributed by atoms with Crippen molar-refractivity contribution in [1.29, 1.82) is 0 Å². The minimum atomic E-state index is -1.07. The van der Waals surface area contributed by atoms with Gasteiger partial charge < -0.3 is 15.3 Å². The lowest BCUT2D eigenvalue weighted by Gasteiger charge is -2.21. The van der Waals surface area contributed by atoms with E-state index in [0.717, 1.165) is 0 Å². The molecule has 4 nitrogen and oxygen atoms in total. The smallest absolute Gasteiger partial charge is 0.371 e. The van der Waals surface area contributed by atoms with Gasteiger partial charge in [0.05, 0.1) is 4.99 Å². The molecule has 0 aliphatic carbocycles. The number of nitrogens with two attached hydrogens (primary N) is 1. The summed E-state index contributed by atoms with van der Waals surface area (Å²) in [6, 6.07) is 3.05. The Kier molecular flexibility index (Phi) is 3.14. The van der Waals surface area contributed by atoms with E-state index < -0.39 is 5.97 Å². The molecule has 0 aromatic carbocycles. The summed E-state index contributed by atoms with van der Waals surface area (Å²) in [5.74, 6) is -0.566. The van der Waals surface area contributed by atoms with Crippen LogP contribution >= 0.6 is 12.2 Å². The van der Waals surface area contributed by atoms with Gasteiger partial charge in [-0.1, -0.05) is 26.1 Å². The van der Waals surface area contributed by atoms with E-state index >= 15 is 0 Å². The second-order valence-corrected chi connectivity index (χ2v) is 4.44. The lowest BCUT2D eigenvalue weighted by Crippen LogP contribution is -2.31. The van der Waals surface area contributed by atoms with Gasteiger partial charge in [-0.2, -0.15) is 0 Å². The number of rotatable bonds is 4. The minimum Gasteiger partial charge on any atom is -0.475 e. The van der Waals surface area contributed by atoms with Crippen LogP contribution in [0.1, 0.15) is 30.2 Å². The van der Waals surface area contributed by atoms with Gasteiger partial charge in [-0.25, -0.2) is 4.79 Å². The topological polar surface area (TPSA) is 76.5 Å². The molecule has 0 amide bonds. The van der Waals surface area contributed by atoms with E-state index in [2.05, 4.69) is 0 Å². The third-order valence-corrected chi connectivity index (χ3v) is 2.71. The quantitative estimate of drug-likeness (QED) is 0.767. The van der Waals surface area contributed by atoms with Crippen molar-refractivity contribution < 1.29 is 14.3 Å². The fourth-order valence-electron chi connectivity index (χ4n) is 1.11. The summed E-state index contributed by atoms with van der Waals surface area (Å²) in [5.41, 5.74) is 5.19. The molecule has 15 heavy (non-hydrogen) atoms. The highest BCUT2D eigenvalue weighted by Gasteiger charge is 2.24. The van der Waals surface area contributed by atoms with Crippen molar-refractivity contribution in [1.82, 2.24) is 0 Å². The molecule has 5 heteroatoms. The highest BCUT2D eigenvalue weighted by Crippen LogP contribution is 2.23. The monoisotopic (exact) mass is 227 g/mol. The molecule has 1 heterocycles. The Hall–Kier alpha value is -1.36. The van der Waals surface area contributed by atoms with Crippen LogP contribution in [0.5, 0.6) is 0 Å². The zero-order chi connectivity index (χ0) is 11.6. The first-order chi connectivity index (χ1) is 6.83. The minimum absolute atomic E-state index is 0.0660. The molecule has 0 fully saturated rings. The van der Waals surface area contributed by atoms with Crippen molar-refractivity contribution in [2.45, 2.75) is 20.3 Å². The molecule has 3 N–H and O–H groups in total. The van der Waals surface area contributed by atoms with Crippen LogP contribution in [0.15, 0.2) is 16.5 Å². The van der Waals surface area contributed by atoms with Crippen LogP contribution in [-0.2, 0) is 6.42 Å². The third kappa shape index (κ3) is 2.79. The molecular weight excluding hydrogens is 214 g/mol. The van der Waals surface area contributed by atoms with Crippen molar-refractivity contribution in [2.75, 3.05) is 0 Å². The van der Waals surface area contributed by atoms with Crippen LogP contribution in [0.3, 0.4) is 0 Å². The van der Waals surface area contributed by atoms with Gasteiger partial charge in [0.25, 0.3) is 0 Å². The summed E-state index contributed by atoms with van der Waals surface area (Å²) in [5, 5.41) is 8.66. The van der Waals surface area contributed by atoms with E-state index in [1.807, 2.05) is 13.8 Å². The van der Waals surface area contributed by atoms with Gasteiger partial charge in [-0.15, -0.1) is 0 Å². The number of carboxylic acid groups (broad SMARTS) is 1. The van der Waals surface area contributed by atoms with Gasteiger partial charge in [-0.3, -0.25) is 0 Å². The van der Waals surface area contributed by atoms with Crippen molar-refractivity contribution in [3.05, 3.63) is 23.7 Å². The zero-order valence-electron chi connectivity index (χ0n) is 8.61. The number of aromatic carboxylic acids is 1. The molecule has 0 spiro atoms. The molecule has 0 aliphatic rings. The maximum Gasteiger partial charge on any atom is 0.371 e. The number of furan rings is 1. The Labute approximate surface area is 93.1 Å². The number of thiocarbonyl (C=S) groups is 1. The molecule has 82 valence electrons. The van der Waals surface area contributed by atoms with E-state index in [-0.39, 0.29) is 11.2 Å². The zero-order valence-corrected chi connectivity index (χ0v) is 9.43. The van der Waals surface area contributed by atoms with Crippen LogP contribution in [0.2, 0.25) is 0 Å². The Morgan fingerprint density at radius 2 is 2.20 bits per heavy atom. The highest BCUT2D eigenvalue weighted by atomic mass is 32.1. The first-order valence-corrected chi connectivity index (χ1v) is 4.85. The van der Waals surface area contributed by atoms with Crippen molar-refractivity contribution >= 4 is 23.2 Å². The van der Waals surface area contributed by atoms with Crippen LogP contribution in [0, 0.1) is 5.41 Å².